The van der Waals surface area contributed by atoms with Crippen LogP contribution in [0.15, 0.2) is 32.7 Å². The van der Waals surface area contributed by atoms with E-state index in [9.17, 15) is 4.79 Å². The molecular formula is C10H7BrO2S. The summed E-state index contributed by atoms with van der Waals surface area (Å²) in [6.07, 6.45) is 1.50. The second-order valence-electron chi connectivity index (χ2n) is 2.87. The van der Waals surface area contributed by atoms with Crippen LogP contribution < -0.4 is 0 Å². The lowest BCUT2D eigenvalue weighted by molar-refractivity contribution is 0.101. The van der Waals surface area contributed by atoms with Crippen LogP contribution in [0.3, 0.4) is 0 Å². The van der Waals surface area contributed by atoms with Crippen molar-refractivity contribution in [3.63, 3.8) is 0 Å². The van der Waals surface area contributed by atoms with Crippen molar-refractivity contribution in [3.8, 4) is 0 Å². The van der Waals surface area contributed by atoms with Crippen LogP contribution >= 0.6 is 27.3 Å². The Labute approximate surface area is 93.7 Å². The fourth-order valence-electron chi connectivity index (χ4n) is 1.10. The number of ketones is 1. The van der Waals surface area contributed by atoms with Crippen molar-refractivity contribution in [1.82, 2.24) is 0 Å². The van der Waals surface area contributed by atoms with E-state index in [2.05, 4.69) is 15.9 Å². The highest BCUT2D eigenvalue weighted by atomic mass is 79.9. The molecule has 0 spiro atoms. The van der Waals surface area contributed by atoms with Gasteiger partial charge in [-0.2, -0.15) is 0 Å². The average molecular weight is 271 g/mol. The molecule has 0 saturated heterocycles. The smallest absolute Gasteiger partial charge is 0.238 e. The Morgan fingerprint density at radius 2 is 2.36 bits per heavy atom. The van der Waals surface area contributed by atoms with Crippen LogP contribution in [-0.2, 0) is 0 Å². The largest absolute Gasteiger partial charge is 0.461 e. The summed E-state index contributed by atoms with van der Waals surface area (Å²) in [5.74, 6) is 0.326. The molecule has 0 amide bonds. The first kappa shape index (κ1) is 9.68. The number of aryl methyl sites for hydroxylation is 1. The Balaban J connectivity index is 2.37. The number of rotatable bonds is 2. The van der Waals surface area contributed by atoms with Gasteiger partial charge in [-0.1, -0.05) is 0 Å². The van der Waals surface area contributed by atoms with E-state index in [1.54, 1.807) is 12.1 Å². The van der Waals surface area contributed by atoms with Crippen molar-refractivity contribution in [3.05, 3.63) is 44.4 Å². The van der Waals surface area contributed by atoms with E-state index in [1.807, 2.05) is 13.0 Å². The minimum absolute atomic E-state index is 0.0613. The zero-order valence-electron chi connectivity index (χ0n) is 7.41. The number of carbonyl (C=O) groups excluding carboxylic acids is 1. The molecule has 2 aromatic rings. The molecule has 0 aliphatic rings. The van der Waals surface area contributed by atoms with Crippen LogP contribution in [-0.4, -0.2) is 5.78 Å². The molecule has 2 heterocycles. The summed E-state index contributed by atoms with van der Waals surface area (Å²) in [7, 11) is 0. The van der Waals surface area contributed by atoms with E-state index in [-0.39, 0.29) is 5.78 Å². The lowest BCUT2D eigenvalue weighted by Gasteiger charge is -1.89. The first-order valence-corrected chi connectivity index (χ1v) is 5.63. The van der Waals surface area contributed by atoms with Crippen molar-refractivity contribution in [2.45, 2.75) is 6.92 Å². The van der Waals surface area contributed by atoms with Crippen LogP contribution in [0.1, 0.15) is 21.0 Å². The highest BCUT2D eigenvalue weighted by Crippen LogP contribution is 2.28. The van der Waals surface area contributed by atoms with Crippen LogP contribution in [0, 0.1) is 6.92 Å². The fraction of sp³-hybridized carbons (Fsp3) is 0.100. The van der Waals surface area contributed by atoms with Crippen LogP contribution in [0.2, 0.25) is 0 Å². The molecule has 2 aromatic heterocycles. The van der Waals surface area contributed by atoms with E-state index < -0.39 is 0 Å². The molecule has 0 aliphatic carbocycles. The van der Waals surface area contributed by atoms with Gasteiger partial charge in [0.05, 0.1) is 14.9 Å². The Morgan fingerprint density at radius 3 is 2.86 bits per heavy atom. The SMILES string of the molecule is Cc1cc(C(=O)c2ccco2)sc1Br. The van der Waals surface area contributed by atoms with Crippen molar-refractivity contribution in [1.29, 1.82) is 0 Å². The van der Waals surface area contributed by atoms with E-state index >= 15 is 0 Å². The van der Waals surface area contributed by atoms with Gasteiger partial charge in [0, 0.05) is 0 Å². The summed E-state index contributed by atoms with van der Waals surface area (Å²) in [5.41, 5.74) is 1.07. The predicted octanol–water partition coefficient (Wildman–Crippen LogP) is 3.64. The third kappa shape index (κ3) is 1.67. The normalized spacial score (nSPS) is 10.4. The summed E-state index contributed by atoms with van der Waals surface area (Å²) >= 11 is 4.81. The number of thiophene rings is 1. The van der Waals surface area contributed by atoms with Crippen LogP contribution in [0.5, 0.6) is 0 Å². The molecule has 14 heavy (non-hydrogen) atoms. The molecule has 0 aliphatic heterocycles. The molecule has 4 heteroatoms. The molecule has 0 atom stereocenters. The van der Waals surface area contributed by atoms with Crippen molar-refractivity contribution in [2.75, 3.05) is 0 Å². The Morgan fingerprint density at radius 1 is 1.57 bits per heavy atom. The van der Waals surface area contributed by atoms with Crippen molar-refractivity contribution in [2.24, 2.45) is 0 Å². The van der Waals surface area contributed by atoms with Gasteiger partial charge in [-0.25, -0.2) is 0 Å². The first-order chi connectivity index (χ1) is 6.68. The average Bonchev–Trinajstić information content (AvgIpc) is 2.76. The second kappa shape index (κ2) is 3.71. The zero-order valence-corrected chi connectivity index (χ0v) is 9.81. The summed E-state index contributed by atoms with van der Waals surface area (Å²) in [5, 5.41) is 0. The number of hydrogen-bond acceptors (Lipinski definition) is 3. The van der Waals surface area contributed by atoms with Crippen molar-refractivity contribution < 1.29 is 9.21 Å². The van der Waals surface area contributed by atoms with Gasteiger partial charge in [0.15, 0.2) is 5.76 Å². The third-order valence-electron chi connectivity index (χ3n) is 1.83. The summed E-state index contributed by atoms with van der Waals surface area (Å²) in [4.78, 5) is 12.5. The number of carbonyl (C=O) groups is 1. The molecule has 0 unspecified atom stereocenters. The topological polar surface area (TPSA) is 30.2 Å². The zero-order chi connectivity index (χ0) is 10.1. The maximum absolute atomic E-state index is 11.8. The van der Waals surface area contributed by atoms with Gasteiger partial charge < -0.3 is 4.42 Å². The van der Waals surface area contributed by atoms with Gasteiger partial charge in [0.2, 0.25) is 5.78 Å². The summed E-state index contributed by atoms with van der Waals surface area (Å²) in [6.45, 7) is 1.96. The molecule has 0 fully saturated rings. The molecule has 2 nitrogen and oxygen atoms in total. The molecule has 2 rings (SSSR count). The standard InChI is InChI=1S/C10H7BrO2S/c1-6-5-8(14-10(6)11)9(12)7-3-2-4-13-7/h2-5H,1H3. The van der Waals surface area contributed by atoms with E-state index in [4.69, 9.17) is 4.42 Å². The number of furan rings is 1. The molecule has 0 aromatic carbocycles. The predicted molar refractivity (Wildman–Crippen MR) is 58.9 cm³/mol. The Kier molecular flexibility index (Phi) is 2.56. The highest BCUT2D eigenvalue weighted by molar-refractivity contribution is 9.11. The molecule has 0 bridgehead atoms. The summed E-state index contributed by atoms with van der Waals surface area (Å²) in [6, 6.07) is 5.24. The minimum atomic E-state index is -0.0613. The highest BCUT2D eigenvalue weighted by Gasteiger charge is 2.15. The molecule has 72 valence electrons. The second-order valence-corrected chi connectivity index (χ2v) is 5.24. The van der Waals surface area contributed by atoms with Gasteiger partial charge >= 0.3 is 0 Å². The maximum atomic E-state index is 11.8. The molecule has 0 saturated carbocycles. The molecular weight excluding hydrogens is 264 g/mol. The Bertz CT molecular complexity index is 437. The number of halogens is 1. The van der Waals surface area contributed by atoms with Gasteiger partial charge in [0.1, 0.15) is 0 Å². The van der Waals surface area contributed by atoms with E-state index in [0.717, 1.165) is 9.35 Å². The first-order valence-electron chi connectivity index (χ1n) is 4.02. The van der Waals surface area contributed by atoms with Gasteiger partial charge in [-0.05, 0) is 46.6 Å². The van der Waals surface area contributed by atoms with Gasteiger partial charge in [-0.3, -0.25) is 4.79 Å². The minimum Gasteiger partial charge on any atom is -0.461 e. The molecule has 0 radical (unpaired) electrons. The molecule has 0 N–H and O–H groups in total. The summed E-state index contributed by atoms with van der Waals surface area (Å²) < 4.78 is 6.03. The lowest BCUT2D eigenvalue weighted by Crippen LogP contribution is -1.95. The van der Waals surface area contributed by atoms with E-state index in [0.29, 0.717) is 10.6 Å². The van der Waals surface area contributed by atoms with Crippen LogP contribution in [0.25, 0.3) is 0 Å². The van der Waals surface area contributed by atoms with Crippen LogP contribution in [0.4, 0.5) is 0 Å². The lowest BCUT2D eigenvalue weighted by atomic mass is 10.2. The maximum Gasteiger partial charge on any atom is 0.238 e. The Hall–Kier alpha value is -0.870. The van der Waals surface area contributed by atoms with Crippen molar-refractivity contribution >= 4 is 33.0 Å². The van der Waals surface area contributed by atoms with Gasteiger partial charge in [0.25, 0.3) is 0 Å². The quantitative estimate of drug-likeness (QED) is 0.780. The van der Waals surface area contributed by atoms with Gasteiger partial charge in [-0.15, -0.1) is 11.3 Å². The monoisotopic (exact) mass is 270 g/mol. The third-order valence-corrected chi connectivity index (χ3v) is 3.96. The number of hydrogen-bond donors (Lipinski definition) is 0. The fourth-order valence-corrected chi connectivity index (χ4v) is 2.58. The van der Waals surface area contributed by atoms with E-state index in [1.165, 1.54) is 17.6 Å².